The molecule has 30 heavy (non-hydrogen) atoms. The number of benzene rings is 3. The lowest BCUT2D eigenvalue weighted by atomic mass is 9.72. The predicted octanol–water partition coefficient (Wildman–Crippen LogP) is 5.37. The highest BCUT2D eigenvalue weighted by Gasteiger charge is 2.41. The summed E-state index contributed by atoms with van der Waals surface area (Å²) in [6.45, 7) is 0. The molecule has 4 rings (SSSR count). The van der Waals surface area contributed by atoms with Crippen molar-refractivity contribution in [1.82, 2.24) is 0 Å². The first-order chi connectivity index (χ1) is 14.4. The highest BCUT2D eigenvalue weighted by molar-refractivity contribution is 7.81. The number of para-hydroxylation sites is 1. The molecule has 3 aromatic rings. The van der Waals surface area contributed by atoms with Gasteiger partial charge in [0.05, 0.1) is 5.41 Å². The van der Waals surface area contributed by atoms with Crippen LogP contribution in [0.25, 0.3) is 0 Å². The molecule has 152 valence electrons. The highest BCUT2D eigenvalue weighted by Crippen LogP contribution is 2.41. The maximum absolute atomic E-state index is 13.5. The summed E-state index contributed by atoms with van der Waals surface area (Å²) < 4.78 is 55.2. The predicted molar refractivity (Wildman–Crippen MR) is 112 cm³/mol. The Hall–Kier alpha value is -3.09. The second kappa shape index (κ2) is 7.97. The van der Waals surface area contributed by atoms with Gasteiger partial charge in [-0.1, -0.05) is 54.6 Å². The van der Waals surface area contributed by atoms with E-state index < -0.39 is 21.4 Å². The molecular formula is C24H18F2O3S. The lowest BCUT2D eigenvalue weighted by molar-refractivity contribution is 0.242. The van der Waals surface area contributed by atoms with Gasteiger partial charge in [-0.2, -0.15) is 0 Å². The fourth-order valence-corrected chi connectivity index (χ4v) is 4.04. The van der Waals surface area contributed by atoms with Crippen LogP contribution in [0, 0.1) is 11.6 Å². The molecule has 3 aromatic carbocycles. The van der Waals surface area contributed by atoms with Gasteiger partial charge in [0, 0.05) is 0 Å². The van der Waals surface area contributed by atoms with Gasteiger partial charge in [-0.3, -0.25) is 0 Å². The first-order valence-electron chi connectivity index (χ1n) is 9.21. The molecule has 0 aliphatic heterocycles. The molecule has 1 unspecified atom stereocenters. The Labute approximate surface area is 175 Å². The SMILES string of the molecule is O=S(O)C1(Oc2ccccc2)C=CC(c2ccc(F)cc2)(c2ccc(F)cc2)C=C1. The van der Waals surface area contributed by atoms with Gasteiger partial charge in [0.25, 0.3) is 0 Å². The van der Waals surface area contributed by atoms with Gasteiger partial charge in [0.1, 0.15) is 17.4 Å². The summed E-state index contributed by atoms with van der Waals surface area (Å²) in [5.74, 6) is -0.324. The van der Waals surface area contributed by atoms with Crippen molar-refractivity contribution in [2.45, 2.75) is 10.3 Å². The molecule has 0 saturated carbocycles. The summed E-state index contributed by atoms with van der Waals surface area (Å²) in [7, 11) is 0. The lowest BCUT2D eigenvalue weighted by Gasteiger charge is -2.36. The van der Waals surface area contributed by atoms with Crippen LogP contribution in [0.3, 0.4) is 0 Å². The van der Waals surface area contributed by atoms with Crippen molar-refractivity contribution in [1.29, 1.82) is 0 Å². The van der Waals surface area contributed by atoms with Crippen LogP contribution in [0.5, 0.6) is 5.75 Å². The average molecular weight is 424 g/mol. The van der Waals surface area contributed by atoms with Crippen molar-refractivity contribution in [3.05, 3.63) is 126 Å². The summed E-state index contributed by atoms with van der Waals surface area (Å²) in [4.78, 5) is -1.59. The normalized spacial score (nSPS) is 17.4. The van der Waals surface area contributed by atoms with Gasteiger partial charge in [-0.15, -0.1) is 0 Å². The molecule has 6 heteroatoms. The van der Waals surface area contributed by atoms with Crippen LogP contribution < -0.4 is 4.74 Å². The zero-order valence-electron chi connectivity index (χ0n) is 15.7. The Morgan fingerprint density at radius 1 is 0.700 bits per heavy atom. The van der Waals surface area contributed by atoms with Crippen LogP contribution in [0.15, 0.2) is 103 Å². The second-order valence-corrected chi connectivity index (χ2v) is 8.07. The maximum atomic E-state index is 13.5. The number of ether oxygens (including phenoxy) is 1. The molecule has 1 aliphatic rings. The van der Waals surface area contributed by atoms with Crippen molar-refractivity contribution in [2.24, 2.45) is 0 Å². The Bertz CT molecular complexity index is 1050. The summed E-state index contributed by atoms with van der Waals surface area (Å²) in [6.07, 6.45) is 6.49. The molecule has 0 fully saturated rings. The van der Waals surface area contributed by atoms with Gasteiger partial charge in [0.15, 0.2) is 0 Å². The van der Waals surface area contributed by atoms with Gasteiger partial charge in [-0.25, -0.2) is 13.0 Å². The molecule has 3 nitrogen and oxygen atoms in total. The van der Waals surface area contributed by atoms with E-state index in [0.29, 0.717) is 5.75 Å². The Balaban J connectivity index is 1.81. The Kier molecular flexibility index (Phi) is 5.37. The van der Waals surface area contributed by atoms with Crippen LogP contribution in [-0.4, -0.2) is 13.7 Å². The van der Waals surface area contributed by atoms with Crippen LogP contribution >= 0.6 is 0 Å². The summed E-state index contributed by atoms with van der Waals surface area (Å²) >= 11 is -2.38. The number of halogens is 2. The Morgan fingerprint density at radius 3 is 1.60 bits per heavy atom. The first kappa shape index (κ1) is 20.2. The largest absolute Gasteiger partial charge is 0.464 e. The van der Waals surface area contributed by atoms with Gasteiger partial charge in [-0.05, 0) is 59.7 Å². The molecule has 0 radical (unpaired) electrons. The number of rotatable bonds is 5. The molecule has 1 N–H and O–H groups in total. The molecule has 1 aliphatic carbocycles. The highest BCUT2D eigenvalue weighted by atomic mass is 32.2. The number of hydrogen-bond acceptors (Lipinski definition) is 2. The summed E-state index contributed by atoms with van der Waals surface area (Å²) in [6, 6.07) is 20.6. The first-order valence-corrected chi connectivity index (χ1v) is 10.3. The number of hydrogen-bond donors (Lipinski definition) is 1. The standard InChI is InChI=1S/C24H18F2O3S/c25-20-10-6-18(7-11-20)23(19-8-12-21(26)13-9-19)14-16-24(17-15-23,30(27)28)29-22-4-2-1-3-5-22/h1-17H,(H,27,28). The second-order valence-electron chi connectivity index (χ2n) is 6.94. The zero-order valence-corrected chi connectivity index (χ0v) is 16.6. The van der Waals surface area contributed by atoms with E-state index in [1.54, 1.807) is 60.7 Å². The molecule has 0 saturated heterocycles. The van der Waals surface area contributed by atoms with Crippen LogP contribution in [0.1, 0.15) is 11.1 Å². The van der Waals surface area contributed by atoms with Crippen LogP contribution in [-0.2, 0) is 16.5 Å². The third-order valence-corrected chi connectivity index (χ3v) is 6.00. The van der Waals surface area contributed by atoms with E-state index in [2.05, 4.69) is 0 Å². The quantitative estimate of drug-likeness (QED) is 0.442. The van der Waals surface area contributed by atoms with E-state index in [1.165, 1.54) is 36.4 Å². The van der Waals surface area contributed by atoms with Crippen molar-refractivity contribution < 1.29 is 22.3 Å². The minimum absolute atomic E-state index is 0.380. The van der Waals surface area contributed by atoms with E-state index in [0.717, 1.165) is 11.1 Å². The van der Waals surface area contributed by atoms with Crippen LogP contribution in [0.2, 0.25) is 0 Å². The molecular weight excluding hydrogens is 406 g/mol. The van der Waals surface area contributed by atoms with Crippen molar-refractivity contribution >= 4 is 11.1 Å². The topological polar surface area (TPSA) is 46.5 Å². The molecule has 0 aromatic heterocycles. The fourth-order valence-electron chi connectivity index (χ4n) is 3.50. The number of allylic oxidation sites excluding steroid dienone is 2. The molecule has 0 heterocycles. The molecule has 1 atom stereocenters. The lowest BCUT2D eigenvalue weighted by Crippen LogP contribution is -2.41. The average Bonchev–Trinajstić information content (AvgIpc) is 2.76. The van der Waals surface area contributed by atoms with Gasteiger partial charge >= 0.3 is 0 Å². The van der Waals surface area contributed by atoms with E-state index in [-0.39, 0.29) is 11.6 Å². The van der Waals surface area contributed by atoms with Crippen LogP contribution in [0.4, 0.5) is 8.78 Å². The van der Waals surface area contributed by atoms with E-state index in [9.17, 15) is 17.5 Å². The zero-order chi connectivity index (χ0) is 21.2. The summed E-state index contributed by atoms with van der Waals surface area (Å²) in [5.41, 5.74) is 0.560. The third kappa shape index (κ3) is 3.72. The van der Waals surface area contributed by atoms with Crippen molar-refractivity contribution in [3.63, 3.8) is 0 Å². The molecule has 0 spiro atoms. The fraction of sp³-hybridized carbons (Fsp3) is 0.0833. The van der Waals surface area contributed by atoms with E-state index in [4.69, 9.17) is 4.74 Å². The minimum atomic E-state index is -2.38. The van der Waals surface area contributed by atoms with E-state index >= 15 is 0 Å². The van der Waals surface area contributed by atoms with Gasteiger partial charge in [0.2, 0.25) is 16.0 Å². The van der Waals surface area contributed by atoms with Crippen molar-refractivity contribution in [2.75, 3.05) is 0 Å². The van der Waals surface area contributed by atoms with E-state index in [1.807, 2.05) is 6.07 Å². The summed E-state index contributed by atoms with van der Waals surface area (Å²) in [5, 5.41) is 0. The Morgan fingerprint density at radius 2 is 1.17 bits per heavy atom. The molecule has 0 amide bonds. The van der Waals surface area contributed by atoms with Crippen molar-refractivity contribution in [3.8, 4) is 5.75 Å². The monoisotopic (exact) mass is 424 g/mol. The minimum Gasteiger partial charge on any atom is -0.464 e. The maximum Gasteiger partial charge on any atom is 0.245 e. The van der Waals surface area contributed by atoms with Gasteiger partial charge < -0.3 is 9.29 Å². The smallest absolute Gasteiger partial charge is 0.245 e. The molecule has 0 bridgehead atoms. The third-order valence-electron chi connectivity index (χ3n) is 5.09.